The van der Waals surface area contributed by atoms with E-state index in [1.807, 2.05) is 13.8 Å². The highest BCUT2D eigenvalue weighted by Crippen LogP contribution is 2.32. The van der Waals surface area contributed by atoms with Crippen LogP contribution in [0, 0.1) is 10.1 Å². The zero-order chi connectivity index (χ0) is 11.4. The molecule has 0 aromatic heterocycles. The molecule has 1 rings (SSSR count). The second-order valence-corrected chi connectivity index (χ2v) is 3.75. The average Bonchev–Trinajstić information content (AvgIpc) is 2.17. The van der Waals surface area contributed by atoms with E-state index in [1.54, 1.807) is 12.1 Å². The van der Waals surface area contributed by atoms with Crippen LogP contribution < -0.4 is 5.32 Å². The molecule has 0 amide bonds. The van der Waals surface area contributed by atoms with Gasteiger partial charge in [0.05, 0.1) is 4.92 Å². The molecule has 0 fully saturated rings. The van der Waals surface area contributed by atoms with Gasteiger partial charge in [-0.25, -0.2) is 0 Å². The van der Waals surface area contributed by atoms with E-state index in [9.17, 15) is 10.1 Å². The molecule has 0 heterocycles. The summed E-state index contributed by atoms with van der Waals surface area (Å²) in [4.78, 5) is 10.3. The lowest BCUT2D eigenvalue weighted by atomic mass is 10.2. The molecule has 0 aliphatic rings. The van der Waals surface area contributed by atoms with E-state index >= 15 is 0 Å². The van der Waals surface area contributed by atoms with Crippen LogP contribution in [0.4, 0.5) is 11.4 Å². The fourth-order valence-electron chi connectivity index (χ4n) is 1.18. The second kappa shape index (κ2) is 4.98. The van der Waals surface area contributed by atoms with Crippen LogP contribution in [0.25, 0.3) is 0 Å². The van der Waals surface area contributed by atoms with Crippen LogP contribution in [0.1, 0.15) is 20.3 Å². The van der Waals surface area contributed by atoms with Crippen LogP contribution in [0.5, 0.6) is 0 Å². The van der Waals surface area contributed by atoms with Crippen molar-refractivity contribution in [1.82, 2.24) is 0 Å². The summed E-state index contributed by atoms with van der Waals surface area (Å²) < 4.78 is 0. The fourth-order valence-corrected chi connectivity index (χ4v) is 1.43. The third-order valence-electron chi connectivity index (χ3n) is 2.18. The lowest BCUT2D eigenvalue weighted by Crippen LogP contribution is -2.14. The summed E-state index contributed by atoms with van der Waals surface area (Å²) in [7, 11) is 0. The van der Waals surface area contributed by atoms with Crippen molar-refractivity contribution in [3.05, 3.63) is 33.3 Å². The molecular formula is C10H13ClN2O2. The van der Waals surface area contributed by atoms with Gasteiger partial charge in [-0.15, -0.1) is 0 Å². The van der Waals surface area contributed by atoms with Crippen molar-refractivity contribution in [3.8, 4) is 0 Å². The third kappa shape index (κ3) is 2.83. The van der Waals surface area contributed by atoms with E-state index in [0.29, 0.717) is 5.69 Å². The predicted molar refractivity (Wildman–Crippen MR) is 61.5 cm³/mol. The lowest BCUT2D eigenvalue weighted by Gasteiger charge is -2.13. The number of nitro benzene ring substituents is 1. The van der Waals surface area contributed by atoms with Gasteiger partial charge in [-0.3, -0.25) is 10.1 Å². The summed E-state index contributed by atoms with van der Waals surface area (Å²) >= 11 is 5.77. The molecule has 1 aromatic rings. The standard InChI is InChI=1S/C10H13ClN2O2/c1-3-7(2)12-9-6-4-5-8(11)10(9)13(14)15/h4-7,12H,3H2,1-2H3. The number of hydrogen-bond acceptors (Lipinski definition) is 3. The lowest BCUT2D eigenvalue weighted by molar-refractivity contribution is -0.383. The Labute approximate surface area is 93.4 Å². The number of para-hydroxylation sites is 1. The maximum Gasteiger partial charge on any atom is 0.310 e. The summed E-state index contributed by atoms with van der Waals surface area (Å²) in [6, 6.07) is 5.06. The Morgan fingerprint density at radius 2 is 2.27 bits per heavy atom. The van der Waals surface area contributed by atoms with Gasteiger partial charge in [-0.1, -0.05) is 24.6 Å². The molecule has 1 aromatic carbocycles. The van der Waals surface area contributed by atoms with Gasteiger partial charge in [0.2, 0.25) is 0 Å². The van der Waals surface area contributed by atoms with Gasteiger partial charge in [0.15, 0.2) is 0 Å². The number of rotatable bonds is 4. The molecule has 0 bridgehead atoms. The van der Waals surface area contributed by atoms with Crippen molar-refractivity contribution in [2.75, 3.05) is 5.32 Å². The van der Waals surface area contributed by atoms with Crippen molar-refractivity contribution in [2.45, 2.75) is 26.3 Å². The maximum absolute atomic E-state index is 10.8. The monoisotopic (exact) mass is 228 g/mol. The molecule has 0 aliphatic heterocycles. The Bertz CT molecular complexity index is 368. The topological polar surface area (TPSA) is 55.2 Å². The molecule has 0 saturated carbocycles. The molecule has 0 radical (unpaired) electrons. The SMILES string of the molecule is CCC(C)Nc1cccc(Cl)c1[N+](=O)[O-]. The van der Waals surface area contributed by atoms with Crippen molar-refractivity contribution in [3.63, 3.8) is 0 Å². The molecule has 4 nitrogen and oxygen atoms in total. The van der Waals surface area contributed by atoms with Crippen LogP contribution in [0.15, 0.2) is 18.2 Å². The normalized spacial score (nSPS) is 12.2. The minimum absolute atomic E-state index is 0.0560. The smallest absolute Gasteiger partial charge is 0.310 e. The van der Waals surface area contributed by atoms with E-state index in [-0.39, 0.29) is 16.8 Å². The molecule has 0 saturated heterocycles. The first-order valence-electron chi connectivity index (χ1n) is 4.75. The highest BCUT2D eigenvalue weighted by Gasteiger charge is 2.18. The molecular weight excluding hydrogens is 216 g/mol. The minimum Gasteiger partial charge on any atom is -0.377 e. The third-order valence-corrected chi connectivity index (χ3v) is 2.49. The molecule has 1 atom stereocenters. The van der Waals surface area contributed by atoms with E-state index in [0.717, 1.165) is 6.42 Å². The van der Waals surface area contributed by atoms with Crippen molar-refractivity contribution in [1.29, 1.82) is 0 Å². The van der Waals surface area contributed by atoms with Crippen LogP contribution >= 0.6 is 11.6 Å². The fraction of sp³-hybridized carbons (Fsp3) is 0.400. The second-order valence-electron chi connectivity index (χ2n) is 3.35. The van der Waals surface area contributed by atoms with Gasteiger partial charge in [0, 0.05) is 6.04 Å². The Kier molecular flexibility index (Phi) is 3.91. The highest BCUT2D eigenvalue weighted by molar-refractivity contribution is 6.33. The summed E-state index contributed by atoms with van der Waals surface area (Å²) in [5.41, 5.74) is 0.418. The molecule has 1 N–H and O–H groups in total. The van der Waals surface area contributed by atoms with Crippen molar-refractivity contribution in [2.24, 2.45) is 0 Å². The van der Waals surface area contributed by atoms with Gasteiger partial charge in [-0.05, 0) is 25.5 Å². The van der Waals surface area contributed by atoms with Crippen molar-refractivity contribution < 1.29 is 4.92 Å². The summed E-state index contributed by atoms with van der Waals surface area (Å²) in [5.74, 6) is 0. The first-order chi connectivity index (χ1) is 7.06. The Morgan fingerprint density at radius 1 is 1.60 bits per heavy atom. The highest BCUT2D eigenvalue weighted by atomic mass is 35.5. The quantitative estimate of drug-likeness (QED) is 0.634. The van der Waals surface area contributed by atoms with Crippen LogP contribution in [-0.2, 0) is 0 Å². The number of halogens is 1. The van der Waals surface area contributed by atoms with Crippen LogP contribution in [0.3, 0.4) is 0 Å². The number of nitro groups is 1. The van der Waals surface area contributed by atoms with E-state index in [2.05, 4.69) is 5.32 Å². The van der Waals surface area contributed by atoms with E-state index in [1.165, 1.54) is 6.07 Å². The molecule has 0 spiro atoms. The molecule has 5 heteroatoms. The number of nitrogens with zero attached hydrogens (tertiary/aromatic N) is 1. The average molecular weight is 229 g/mol. The maximum atomic E-state index is 10.8. The molecule has 15 heavy (non-hydrogen) atoms. The number of anilines is 1. The van der Waals surface area contributed by atoms with E-state index in [4.69, 9.17) is 11.6 Å². The zero-order valence-corrected chi connectivity index (χ0v) is 9.41. The minimum atomic E-state index is -0.465. The molecule has 0 aliphatic carbocycles. The van der Waals surface area contributed by atoms with Crippen molar-refractivity contribution >= 4 is 23.0 Å². The van der Waals surface area contributed by atoms with Gasteiger partial charge < -0.3 is 5.32 Å². The Balaban J connectivity index is 3.06. The van der Waals surface area contributed by atoms with Gasteiger partial charge in [0.25, 0.3) is 0 Å². The predicted octanol–water partition coefficient (Wildman–Crippen LogP) is 3.46. The van der Waals surface area contributed by atoms with Gasteiger partial charge >= 0.3 is 5.69 Å². The summed E-state index contributed by atoms with van der Waals surface area (Å²) in [6.07, 6.45) is 0.893. The van der Waals surface area contributed by atoms with E-state index < -0.39 is 4.92 Å². The Hall–Kier alpha value is -1.29. The summed E-state index contributed by atoms with van der Waals surface area (Å²) in [5, 5.41) is 14.0. The number of hydrogen-bond donors (Lipinski definition) is 1. The van der Waals surface area contributed by atoms with Gasteiger partial charge in [0.1, 0.15) is 10.7 Å². The number of benzene rings is 1. The first kappa shape index (κ1) is 11.8. The largest absolute Gasteiger partial charge is 0.377 e. The summed E-state index contributed by atoms with van der Waals surface area (Å²) in [6.45, 7) is 3.97. The molecule has 82 valence electrons. The Morgan fingerprint density at radius 3 is 2.80 bits per heavy atom. The van der Waals surface area contributed by atoms with Gasteiger partial charge in [-0.2, -0.15) is 0 Å². The zero-order valence-electron chi connectivity index (χ0n) is 8.66. The first-order valence-corrected chi connectivity index (χ1v) is 5.13. The number of nitrogens with one attached hydrogen (secondary N) is 1. The van der Waals surface area contributed by atoms with Crippen LogP contribution in [-0.4, -0.2) is 11.0 Å². The van der Waals surface area contributed by atoms with Crippen LogP contribution in [0.2, 0.25) is 5.02 Å². The molecule has 1 unspecified atom stereocenters.